The van der Waals surface area contributed by atoms with Crippen LogP contribution in [0.1, 0.15) is 17.0 Å². The lowest BCUT2D eigenvalue weighted by atomic mass is 9.92. The number of carboxylic acids is 1. The van der Waals surface area contributed by atoms with Gasteiger partial charge in [-0.05, 0) is 58.3 Å². The maximum absolute atomic E-state index is 11.5. The zero-order valence-corrected chi connectivity index (χ0v) is 12.9. The molecule has 1 unspecified atom stereocenters. The Labute approximate surface area is 130 Å². The smallest absolute Gasteiger partial charge is 0.311 e. The molecule has 0 spiro atoms. The van der Waals surface area contributed by atoms with E-state index >= 15 is 0 Å². The number of halogens is 2. The normalized spacial score (nSPS) is 12.1. The van der Waals surface area contributed by atoms with Crippen LogP contribution >= 0.6 is 34.2 Å². The summed E-state index contributed by atoms with van der Waals surface area (Å²) in [6.45, 7) is 0. The predicted octanol–water partition coefficient (Wildman–Crippen LogP) is 4.36. The van der Waals surface area contributed by atoms with Gasteiger partial charge in [-0.1, -0.05) is 41.9 Å². The Balaban J connectivity index is 2.29. The second kappa shape index (κ2) is 6.39. The summed E-state index contributed by atoms with van der Waals surface area (Å²) in [7, 11) is 0. The summed E-state index contributed by atoms with van der Waals surface area (Å²) in [5.41, 5.74) is 1.66. The predicted molar refractivity (Wildman–Crippen MR) is 84.7 cm³/mol. The van der Waals surface area contributed by atoms with E-state index in [0.717, 1.165) is 9.13 Å². The summed E-state index contributed by atoms with van der Waals surface area (Å²) in [6, 6.07) is 15.0. The van der Waals surface area contributed by atoms with Gasteiger partial charge in [-0.2, -0.15) is 0 Å². The van der Waals surface area contributed by atoms with E-state index in [1.54, 1.807) is 18.2 Å². The van der Waals surface area contributed by atoms with Gasteiger partial charge in [0.05, 0.1) is 5.92 Å². The van der Waals surface area contributed by atoms with E-state index in [0.29, 0.717) is 17.0 Å². The van der Waals surface area contributed by atoms with Crippen molar-refractivity contribution in [1.29, 1.82) is 0 Å². The minimum atomic E-state index is -0.855. The maximum Gasteiger partial charge on any atom is 0.311 e. The fourth-order valence-corrected chi connectivity index (χ4v) is 2.57. The average molecular weight is 387 g/mol. The van der Waals surface area contributed by atoms with Gasteiger partial charge in [-0.3, -0.25) is 4.79 Å². The standard InChI is InChI=1S/C15H12ClIO2/c16-14-4-2-1-3-12(14)13(15(18)19)9-10-5-7-11(17)8-6-10/h1-8,13H,9H2,(H,18,19). The molecule has 0 saturated heterocycles. The Morgan fingerprint density at radius 1 is 1.16 bits per heavy atom. The third-order valence-corrected chi connectivity index (χ3v) is 4.00. The lowest BCUT2D eigenvalue weighted by Crippen LogP contribution is -2.14. The monoisotopic (exact) mass is 386 g/mol. The van der Waals surface area contributed by atoms with E-state index in [9.17, 15) is 9.90 Å². The van der Waals surface area contributed by atoms with Crippen molar-refractivity contribution >= 4 is 40.2 Å². The average Bonchev–Trinajstić information content (AvgIpc) is 2.39. The van der Waals surface area contributed by atoms with Crippen LogP contribution in [0, 0.1) is 3.57 Å². The quantitative estimate of drug-likeness (QED) is 0.793. The van der Waals surface area contributed by atoms with Crippen LogP contribution < -0.4 is 0 Å². The van der Waals surface area contributed by atoms with Gasteiger partial charge in [0, 0.05) is 8.59 Å². The summed E-state index contributed by atoms with van der Waals surface area (Å²) in [5, 5.41) is 9.91. The van der Waals surface area contributed by atoms with E-state index in [1.807, 2.05) is 30.3 Å². The molecule has 1 N–H and O–H groups in total. The van der Waals surface area contributed by atoms with Crippen LogP contribution in [0.2, 0.25) is 5.02 Å². The Kier molecular flexibility index (Phi) is 4.82. The molecule has 0 fully saturated rings. The zero-order chi connectivity index (χ0) is 13.8. The third kappa shape index (κ3) is 3.70. The third-order valence-electron chi connectivity index (χ3n) is 2.93. The van der Waals surface area contributed by atoms with Crippen LogP contribution in [-0.2, 0) is 11.2 Å². The molecule has 19 heavy (non-hydrogen) atoms. The summed E-state index contributed by atoms with van der Waals surface area (Å²) < 4.78 is 1.13. The van der Waals surface area contributed by atoms with E-state index in [1.165, 1.54) is 0 Å². The highest BCUT2D eigenvalue weighted by molar-refractivity contribution is 14.1. The molecule has 0 heterocycles. The first-order valence-electron chi connectivity index (χ1n) is 5.79. The molecule has 0 aromatic heterocycles. The summed E-state index contributed by atoms with van der Waals surface area (Å²) in [6.07, 6.45) is 0.440. The van der Waals surface area contributed by atoms with Crippen molar-refractivity contribution in [2.24, 2.45) is 0 Å². The largest absolute Gasteiger partial charge is 0.481 e. The number of rotatable bonds is 4. The van der Waals surface area contributed by atoms with Gasteiger partial charge in [-0.25, -0.2) is 0 Å². The van der Waals surface area contributed by atoms with Crippen molar-refractivity contribution in [3.8, 4) is 0 Å². The van der Waals surface area contributed by atoms with Crippen LogP contribution in [0.5, 0.6) is 0 Å². The molecule has 0 radical (unpaired) electrons. The van der Waals surface area contributed by atoms with Crippen molar-refractivity contribution in [2.75, 3.05) is 0 Å². The molecule has 0 aliphatic carbocycles. The van der Waals surface area contributed by atoms with Gasteiger partial charge in [0.25, 0.3) is 0 Å². The minimum Gasteiger partial charge on any atom is -0.481 e. The van der Waals surface area contributed by atoms with Crippen molar-refractivity contribution in [3.05, 3.63) is 68.3 Å². The molecule has 0 aliphatic rings. The SMILES string of the molecule is O=C(O)C(Cc1ccc(I)cc1)c1ccccc1Cl. The molecule has 2 aromatic rings. The minimum absolute atomic E-state index is 0.440. The zero-order valence-electron chi connectivity index (χ0n) is 10.0. The van der Waals surface area contributed by atoms with E-state index < -0.39 is 11.9 Å². The molecule has 2 rings (SSSR count). The van der Waals surface area contributed by atoms with Gasteiger partial charge in [0.15, 0.2) is 0 Å². The molecule has 0 amide bonds. The van der Waals surface area contributed by atoms with Crippen molar-refractivity contribution < 1.29 is 9.90 Å². The molecule has 2 nitrogen and oxygen atoms in total. The van der Waals surface area contributed by atoms with Crippen LogP contribution in [0.3, 0.4) is 0 Å². The van der Waals surface area contributed by atoms with Gasteiger partial charge < -0.3 is 5.11 Å². The Hall–Kier alpha value is -1.07. The lowest BCUT2D eigenvalue weighted by molar-refractivity contribution is -0.138. The van der Waals surface area contributed by atoms with Crippen molar-refractivity contribution in [3.63, 3.8) is 0 Å². The first kappa shape index (κ1) is 14.3. The highest BCUT2D eigenvalue weighted by Crippen LogP contribution is 2.28. The van der Waals surface area contributed by atoms with Gasteiger partial charge in [0.1, 0.15) is 0 Å². The fraction of sp³-hybridized carbons (Fsp3) is 0.133. The van der Waals surface area contributed by atoms with E-state index in [2.05, 4.69) is 22.6 Å². The first-order chi connectivity index (χ1) is 9.08. The molecule has 0 aliphatic heterocycles. The highest BCUT2D eigenvalue weighted by atomic mass is 127. The first-order valence-corrected chi connectivity index (χ1v) is 7.25. The van der Waals surface area contributed by atoms with Crippen LogP contribution in [0.15, 0.2) is 48.5 Å². The summed E-state index contributed by atoms with van der Waals surface area (Å²) in [4.78, 5) is 11.5. The molecule has 4 heteroatoms. The second-order valence-corrected chi connectivity index (χ2v) is 5.90. The number of carboxylic acid groups (broad SMARTS) is 1. The number of carbonyl (C=O) groups is 1. The molecule has 1 atom stereocenters. The molecule has 2 aromatic carbocycles. The summed E-state index contributed by atoms with van der Waals surface area (Å²) >= 11 is 8.31. The maximum atomic E-state index is 11.5. The Morgan fingerprint density at radius 3 is 2.37 bits per heavy atom. The van der Waals surface area contributed by atoms with Crippen LogP contribution in [0.4, 0.5) is 0 Å². The summed E-state index contributed by atoms with van der Waals surface area (Å²) in [5.74, 6) is -1.47. The number of hydrogen-bond acceptors (Lipinski definition) is 1. The fourth-order valence-electron chi connectivity index (χ4n) is 1.94. The molecule has 0 bridgehead atoms. The van der Waals surface area contributed by atoms with Crippen LogP contribution in [0.25, 0.3) is 0 Å². The Bertz CT molecular complexity index is 581. The molecule has 98 valence electrons. The Morgan fingerprint density at radius 2 is 1.79 bits per heavy atom. The number of aliphatic carboxylic acids is 1. The van der Waals surface area contributed by atoms with Gasteiger partial charge in [-0.15, -0.1) is 0 Å². The van der Waals surface area contributed by atoms with E-state index in [-0.39, 0.29) is 0 Å². The van der Waals surface area contributed by atoms with Crippen molar-refractivity contribution in [1.82, 2.24) is 0 Å². The number of hydrogen-bond donors (Lipinski definition) is 1. The van der Waals surface area contributed by atoms with E-state index in [4.69, 9.17) is 11.6 Å². The lowest BCUT2D eigenvalue weighted by Gasteiger charge is -2.14. The van der Waals surface area contributed by atoms with Gasteiger partial charge >= 0.3 is 5.97 Å². The highest BCUT2D eigenvalue weighted by Gasteiger charge is 2.22. The van der Waals surface area contributed by atoms with Crippen molar-refractivity contribution in [2.45, 2.75) is 12.3 Å². The van der Waals surface area contributed by atoms with Gasteiger partial charge in [0.2, 0.25) is 0 Å². The molecular weight excluding hydrogens is 375 g/mol. The van der Waals surface area contributed by atoms with Crippen LogP contribution in [-0.4, -0.2) is 11.1 Å². The second-order valence-electron chi connectivity index (χ2n) is 4.24. The number of benzene rings is 2. The molecule has 0 saturated carbocycles. The molecular formula is C15H12ClIO2. The topological polar surface area (TPSA) is 37.3 Å².